The number of piperidine rings is 1. The average molecular weight is 369 g/mol. The van der Waals surface area contributed by atoms with Gasteiger partial charge >= 0.3 is 0 Å². The van der Waals surface area contributed by atoms with Gasteiger partial charge in [0.05, 0.1) is 0 Å². The Morgan fingerprint density at radius 3 is 2.63 bits per heavy atom. The fourth-order valence-electron chi connectivity index (χ4n) is 8.65. The fourth-order valence-corrected chi connectivity index (χ4v) is 8.65. The van der Waals surface area contributed by atoms with E-state index in [1.54, 1.807) is 0 Å². The van der Waals surface area contributed by atoms with Crippen molar-refractivity contribution in [1.29, 1.82) is 0 Å². The van der Waals surface area contributed by atoms with Gasteiger partial charge in [-0.3, -0.25) is 0 Å². The summed E-state index contributed by atoms with van der Waals surface area (Å²) in [5.74, 6) is 4.40. The Balaban J connectivity index is 1.34. The van der Waals surface area contributed by atoms with Gasteiger partial charge in [-0.05, 0) is 105 Å². The van der Waals surface area contributed by atoms with Crippen LogP contribution < -0.4 is 5.73 Å². The van der Waals surface area contributed by atoms with Crippen molar-refractivity contribution < 1.29 is 0 Å². The molecule has 2 nitrogen and oxygen atoms in total. The number of hydrogen-bond donors (Lipinski definition) is 1. The van der Waals surface area contributed by atoms with Crippen LogP contribution in [0.5, 0.6) is 0 Å². The molecule has 4 aliphatic carbocycles. The molecular formula is C25H40N2. The first-order valence-electron chi connectivity index (χ1n) is 11.8. The van der Waals surface area contributed by atoms with Crippen LogP contribution in [0.15, 0.2) is 24.3 Å². The van der Waals surface area contributed by atoms with Gasteiger partial charge in [0.15, 0.2) is 0 Å². The number of nitrogens with two attached hydrogens (primary N) is 1. The summed E-state index contributed by atoms with van der Waals surface area (Å²) >= 11 is 0. The lowest BCUT2D eigenvalue weighted by Gasteiger charge is -2.65. The molecule has 2 heteroatoms. The van der Waals surface area contributed by atoms with Crippen LogP contribution in [0.2, 0.25) is 0 Å². The van der Waals surface area contributed by atoms with Crippen LogP contribution in [0, 0.1) is 40.4 Å². The minimum Gasteiger partial charge on any atom is -0.328 e. The molecule has 5 rings (SSSR count). The fraction of sp³-hybridized carbons (Fsp3) is 0.840. The molecule has 3 bridgehead atoms. The smallest absolute Gasteiger partial charge is 0.00631 e. The van der Waals surface area contributed by atoms with Crippen molar-refractivity contribution in [2.24, 2.45) is 46.2 Å². The maximum Gasteiger partial charge on any atom is 0.00631 e. The Bertz CT molecular complexity index is 616. The summed E-state index contributed by atoms with van der Waals surface area (Å²) in [6.45, 7) is 8.99. The van der Waals surface area contributed by atoms with E-state index < -0.39 is 0 Å². The zero-order chi connectivity index (χ0) is 18.6. The quantitative estimate of drug-likeness (QED) is 0.758. The molecule has 0 aromatic heterocycles. The minimum atomic E-state index is 0.458. The molecule has 27 heavy (non-hydrogen) atoms. The topological polar surface area (TPSA) is 29.3 Å². The molecular weight excluding hydrogens is 328 g/mol. The summed E-state index contributed by atoms with van der Waals surface area (Å²) < 4.78 is 0. The molecule has 2 N–H and O–H groups in total. The molecule has 0 aromatic carbocycles. The summed E-state index contributed by atoms with van der Waals surface area (Å²) in [5, 5.41) is 0. The maximum atomic E-state index is 6.15. The molecule has 5 aliphatic rings. The largest absolute Gasteiger partial charge is 0.328 e. The van der Waals surface area contributed by atoms with Crippen molar-refractivity contribution >= 4 is 0 Å². The van der Waals surface area contributed by atoms with Crippen molar-refractivity contribution in [1.82, 2.24) is 4.90 Å². The summed E-state index contributed by atoms with van der Waals surface area (Å²) in [7, 11) is 0. The monoisotopic (exact) mass is 368 g/mol. The number of hydrogen-bond acceptors (Lipinski definition) is 2. The summed E-state index contributed by atoms with van der Waals surface area (Å²) in [6, 6.07) is 0.458. The highest BCUT2D eigenvalue weighted by Gasteiger charge is 2.59. The first-order valence-corrected chi connectivity index (χ1v) is 11.8. The normalized spacial score (nSPS) is 50.3. The second-order valence-electron chi connectivity index (χ2n) is 11.4. The molecule has 1 saturated heterocycles. The Morgan fingerprint density at radius 2 is 1.85 bits per heavy atom. The van der Waals surface area contributed by atoms with Crippen molar-refractivity contribution in [3.63, 3.8) is 0 Å². The van der Waals surface area contributed by atoms with Crippen LogP contribution in [-0.4, -0.2) is 30.6 Å². The predicted molar refractivity (Wildman–Crippen MR) is 113 cm³/mol. The third kappa shape index (κ3) is 3.15. The van der Waals surface area contributed by atoms with E-state index in [4.69, 9.17) is 5.73 Å². The van der Waals surface area contributed by atoms with E-state index in [0.29, 0.717) is 16.9 Å². The standard InChI is InChI=1S/C25H40N2/c1-18-5-3-4-6-22(18)25-10-7-23-20(16-27-11-8-21(26)9-12-27)13-19(15-25)14-24(23,2)17-25/h3-6,18-23H,7-17,26H2,1-2H3/t18?,19?,20?,22?,23?,24-,25-/m1/s1. The predicted octanol–water partition coefficient (Wildman–Crippen LogP) is 5.01. The van der Waals surface area contributed by atoms with Crippen molar-refractivity contribution in [3.8, 4) is 0 Å². The molecule has 4 fully saturated rings. The maximum absolute atomic E-state index is 6.15. The van der Waals surface area contributed by atoms with Gasteiger partial charge < -0.3 is 10.6 Å². The molecule has 1 aliphatic heterocycles. The zero-order valence-electron chi connectivity index (χ0n) is 17.6. The van der Waals surface area contributed by atoms with E-state index in [0.717, 1.165) is 29.6 Å². The van der Waals surface area contributed by atoms with Crippen LogP contribution in [0.4, 0.5) is 0 Å². The number of allylic oxidation sites excluding steroid dienone is 4. The van der Waals surface area contributed by atoms with Crippen molar-refractivity contribution in [2.75, 3.05) is 19.6 Å². The number of likely N-dealkylation sites (tertiary alicyclic amines) is 1. The van der Waals surface area contributed by atoms with Crippen LogP contribution in [-0.2, 0) is 0 Å². The van der Waals surface area contributed by atoms with E-state index in [-0.39, 0.29) is 0 Å². The van der Waals surface area contributed by atoms with Gasteiger partial charge in [0, 0.05) is 12.6 Å². The van der Waals surface area contributed by atoms with Gasteiger partial charge in [-0.1, -0.05) is 38.2 Å². The first-order chi connectivity index (χ1) is 13.0. The lowest BCUT2D eigenvalue weighted by atomic mass is 9.40. The highest BCUT2D eigenvalue weighted by atomic mass is 15.1. The molecule has 0 spiro atoms. The SMILES string of the molecule is CC1C=CC=CC1[C@@]12CCC3C(CN4CCC(N)CC4)CC(C[C@]3(C)C1)C2. The van der Waals surface area contributed by atoms with Gasteiger partial charge in [-0.2, -0.15) is 0 Å². The van der Waals surface area contributed by atoms with Crippen LogP contribution in [0.3, 0.4) is 0 Å². The Hall–Kier alpha value is -0.600. The van der Waals surface area contributed by atoms with E-state index >= 15 is 0 Å². The van der Waals surface area contributed by atoms with Gasteiger partial charge in [0.1, 0.15) is 0 Å². The van der Waals surface area contributed by atoms with Crippen LogP contribution in [0.1, 0.15) is 65.2 Å². The van der Waals surface area contributed by atoms with Crippen LogP contribution >= 0.6 is 0 Å². The lowest BCUT2D eigenvalue weighted by Crippen LogP contribution is -2.57. The molecule has 3 saturated carbocycles. The molecule has 0 radical (unpaired) electrons. The summed E-state index contributed by atoms with van der Waals surface area (Å²) in [5.41, 5.74) is 7.34. The third-order valence-corrected chi connectivity index (χ3v) is 9.50. The first kappa shape index (κ1) is 18.4. The van der Waals surface area contributed by atoms with Crippen molar-refractivity contribution in [3.05, 3.63) is 24.3 Å². The Labute approximate surface area is 166 Å². The van der Waals surface area contributed by atoms with E-state index in [2.05, 4.69) is 43.1 Å². The van der Waals surface area contributed by atoms with Crippen molar-refractivity contribution in [2.45, 2.75) is 71.3 Å². The van der Waals surface area contributed by atoms with Gasteiger partial charge in [-0.25, -0.2) is 0 Å². The molecule has 0 amide bonds. The number of fused-ring (bicyclic) bond motifs is 2. The zero-order valence-corrected chi connectivity index (χ0v) is 17.6. The third-order valence-electron chi connectivity index (χ3n) is 9.50. The van der Waals surface area contributed by atoms with Gasteiger partial charge in [-0.15, -0.1) is 0 Å². The van der Waals surface area contributed by atoms with E-state index in [1.807, 2.05) is 0 Å². The highest BCUT2D eigenvalue weighted by Crippen LogP contribution is 2.68. The Morgan fingerprint density at radius 1 is 1.07 bits per heavy atom. The second kappa shape index (κ2) is 6.73. The van der Waals surface area contributed by atoms with Crippen LogP contribution in [0.25, 0.3) is 0 Å². The molecule has 150 valence electrons. The van der Waals surface area contributed by atoms with E-state index in [9.17, 15) is 0 Å². The molecule has 7 atom stereocenters. The van der Waals surface area contributed by atoms with Gasteiger partial charge in [0.2, 0.25) is 0 Å². The highest BCUT2D eigenvalue weighted by molar-refractivity contribution is 5.20. The lowest BCUT2D eigenvalue weighted by molar-refractivity contribution is -0.145. The molecule has 1 heterocycles. The van der Waals surface area contributed by atoms with E-state index in [1.165, 1.54) is 71.0 Å². The average Bonchev–Trinajstić information content (AvgIpc) is 2.61. The molecule has 5 unspecified atom stereocenters. The van der Waals surface area contributed by atoms with Gasteiger partial charge in [0.25, 0.3) is 0 Å². The number of rotatable bonds is 3. The summed E-state index contributed by atoms with van der Waals surface area (Å²) in [4.78, 5) is 2.76. The second-order valence-corrected chi connectivity index (χ2v) is 11.4. The summed E-state index contributed by atoms with van der Waals surface area (Å²) in [6.07, 6.45) is 21.1. The number of nitrogens with zero attached hydrogens (tertiary/aromatic N) is 1. The minimum absolute atomic E-state index is 0.458. The molecule has 0 aromatic rings. The Kier molecular flexibility index (Phi) is 4.59.